The largest absolute Gasteiger partial charge is 0.469 e. The summed E-state index contributed by atoms with van der Waals surface area (Å²) < 4.78 is 10.0. The highest BCUT2D eigenvalue weighted by atomic mass is 16.6. The van der Waals surface area contributed by atoms with Gasteiger partial charge in [-0.25, -0.2) is 4.79 Å². The number of hydrogen-bond acceptors (Lipinski definition) is 5. The van der Waals surface area contributed by atoms with Crippen LogP contribution in [-0.4, -0.2) is 44.4 Å². The lowest BCUT2D eigenvalue weighted by atomic mass is 9.80. The Labute approximate surface area is 114 Å². The molecular weight excluding hydrogens is 248 g/mol. The number of carbonyl (C=O) groups is 2. The normalized spacial score (nSPS) is 23.6. The standard InChI is InChI=1S/C13H24N2O4/c1-12(2,3)19-11(17)15-9-13(10(16)18-4)6-5-7-14-8-13/h14H,5-9H2,1-4H3,(H,15,17). The Bertz CT molecular complexity index is 330. The van der Waals surface area contributed by atoms with E-state index in [-0.39, 0.29) is 12.5 Å². The van der Waals surface area contributed by atoms with Crippen molar-refractivity contribution < 1.29 is 19.1 Å². The predicted octanol–water partition coefficient (Wildman–Crippen LogP) is 1.05. The Morgan fingerprint density at radius 3 is 2.53 bits per heavy atom. The van der Waals surface area contributed by atoms with Gasteiger partial charge in [0.2, 0.25) is 0 Å². The molecule has 110 valence electrons. The first-order chi connectivity index (χ1) is 8.79. The molecule has 0 saturated carbocycles. The highest BCUT2D eigenvalue weighted by Gasteiger charge is 2.41. The first-order valence-electron chi connectivity index (χ1n) is 6.55. The lowest BCUT2D eigenvalue weighted by Crippen LogP contribution is -2.53. The fraction of sp³-hybridized carbons (Fsp3) is 0.846. The molecule has 0 aliphatic carbocycles. The van der Waals surface area contributed by atoms with Gasteiger partial charge >= 0.3 is 12.1 Å². The summed E-state index contributed by atoms with van der Waals surface area (Å²) in [5.41, 5.74) is -1.24. The van der Waals surface area contributed by atoms with Gasteiger partial charge < -0.3 is 20.1 Å². The van der Waals surface area contributed by atoms with E-state index in [2.05, 4.69) is 10.6 Å². The minimum atomic E-state index is -0.691. The molecule has 0 radical (unpaired) electrons. The third kappa shape index (κ3) is 4.70. The van der Waals surface area contributed by atoms with E-state index in [0.717, 1.165) is 13.0 Å². The van der Waals surface area contributed by atoms with Gasteiger partial charge in [-0.15, -0.1) is 0 Å². The molecule has 1 saturated heterocycles. The van der Waals surface area contributed by atoms with Crippen molar-refractivity contribution in [2.75, 3.05) is 26.7 Å². The van der Waals surface area contributed by atoms with E-state index in [1.807, 2.05) is 0 Å². The zero-order valence-corrected chi connectivity index (χ0v) is 12.2. The number of esters is 1. The molecule has 0 bridgehead atoms. The van der Waals surface area contributed by atoms with Crippen LogP contribution in [0.25, 0.3) is 0 Å². The second-order valence-corrected chi connectivity index (χ2v) is 5.91. The fourth-order valence-electron chi connectivity index (χ4n) is 2.14. The van der Waals surface area contributed by atoms with Crippen LogP contribution in [0.1, 0.15) is 33.6 Å². The zero-order chi connectivity index (χ0) is 14.5. The molecule has 1 rings (SSSR count). The van der Waals surface area contributed by atoms with Gasteiger partial charge in [0, 0.05) is 13.1 Å². The molecule has 0 aromatic rings. The number of ether oxygens (including phenoxy) is 2. The molecule has 0 aromatic heterocycles. The van der Waals surface area contributed by atoms with E-state index in [9.17, 15) is 9.59 Å². The minimum Gasteiger partial charge on any atom is -0.469 e. The maximum atomic E-state index is 11.9. The molecule has 0 spiro atoms. The summed E-state index contributed by atoms with van der Waals surface area (Å²) in [5, 5.41) is 5.83. The summed E-state index contributed by atoms with van der Waals surface area (Å²) in [5.74, 6) is -0.296. The Morgan fingerprint density at radius 1 is 1.37 bits per heavy atom. The Kier molecular flexibility index (Phi) is 5.17. The van der Waals surface area contributed by atoms with Crippen molar-refractivity contribution >= 4 is 12.1 Å². The quantitative estimate of drug-likeness (QED) is 0.751. The van der Waals surface area contributed by atoms with Crippen LogP contribution in [0.4, 0.5) is 4.79 Å². The van der Waals surface area contributed by atoms with E-state index in [1.54, 1.807) is 20.8 Å². The van der Waals surface area contributed by atoms with Crippen molar-refractivity contribution in [3.8, 4) is 0 Å². The van der Waals surface area contributed by atoms with Crippen molar-refractivity contribution in [1.29, 1.82) is 0 Å². The summed E-state index contributed by atoms with van der Waals surface area (Å²) >= 11 is 0. The molecule has 1 amide bonds. The van der Waals surface area contributed by atoms with Gasteiger partial charge in [-0.05, 0) is 40.2 Å². The fourth-order valence-corrected chi connectivity index (χ4v) is 2.14. The first-order valence-corrected chi connectivity index (χ1v) is 6.55. The highest BCUT2D eigenvalue weighted by Crippen LogP contribution is 2.27. The number of amides is 1. The van der Waals surface area contributed by atoms with Crippen LogP contribution in [0.5, 0.6) is 0 Å². The smallest absolute Gasteiger partial charge is 0.407 e. The van der Waals surface area contributed by atoms with Crippen molar-refractivity contribution in [1.82, 2.24) is 10.6 Å². The summed E-state index contributed by atoms with van der Waals surface area (Å²) in [4.78, 5) is 23.6. The predicted molar refractivity (Wildman–Crippen MR) is 70.8 cm³/mol. The van der Waals surface area contributed by atoms with Gasteiger partial charge in [-0.1, -0.05) is 0 Å². The van der Waals surface area contributed by atoms with Gasteiger partial charge in [0.25, 0.3) is 0 Å². The van der Waals surface area contributed by atoms with Crippen LogP contribution in [0.3, 0.4) is 0 Å². The van der Waals surface area contributed by atoms with Crippen LogP contribution in [0.15, 0.2) is 0 Å². The maximum Gasteiger partial charge on any atom is 0.407 e. The topological polar surface area (TPSA) is 76.7 Å². The average Bonchev–Trinajstić information content (AvgIpc) is 2.34. The molecule has 6 heteroatoms. The van der Waals surface area contributed by atoms with Crippen molar-refractivity contribution in [2.45, 2.75) is 39.2 Å². The van der Waals surface area contributed by atoms with Gasteiger partial charge in [-0.3, -0.25) is 4.79 Å². The molecule has 1 heterocycles. The lowest BCUT2D eigenvalue weighted by molar-refractivity contribution is -0.153. The van der Waals surface area contributed by atoms with Gasteiger partial charge in [0.05, 0.1) is 12.5 Å². The highest BCUT2D eigenvalue weighted by molar-refractivity contribution is 5.78. The third-order valence-electron chi connectivity index (χ3n) is 3.06. The molecule has 1 unspecified atom stereocenters. The Balaban J connectivity index is 2.59. The Hall–Kier alpha value is -1.30. The summed E-state index contributed by atoms with van der Waals surface area (Å²) in [6, 6.07) is 0. The molecule has 0 aromatic carbocycles. The van der Waals surface area contributed by atoms with E-state index in [4.69, 9.17) is 9.47 Å². The van der Waals surface area contributed by atoms with Crippen LogP contribution in [0, 0.1) is 5.41 Å². The molecule has 19 heavy (non-hydrogen) atoms. The lowest BCUT2D eigenvalue weighted by Gasteiger charge is -2.35. The molecule has 2 N–H and O–H groups in total. The Morgan fingerprint density at radius 2 is 2.05 bits per heavy atom. The summed E-state index contributed by atoms with van der Waals surface area (Å²) in [6.45, 7) is 7.00. The average molecular weight is 272 g/mol. The van der Waals surface area contributed by atoms with Gasteiger partial charge in [0.1, 0.15) is 5.60 Å². The van der Waals surface area contributed by atoms with Crippen LogP contribution in [-0.2, 0) is 14.3 Å². The maximum absolute atomic E-state index is 11.9. The SMILES string of the molecule is COC(=O)C1(CNC(=O)OC(C)(C)C)CCCNC1. The van der Waals surface area contributed by atoms with E-state index >= 15 is 0 Å². The van der Waals surface area contributed by atoms with E-state index in [1.165, 1.54) is 7.11 Å². The van der Waals surface area contributed by atoms with Gasteiger partial charge in [0.15, 0.2) is 0 Å². The van der Waals surface area contributed by atoms with E-state index in [0.29, 0.717) is 13.0 Å². The van der Waals surface area contributed by atoms with Gasteiger partial charge in [-0.2, -0.15) is 0 Å². The number of nitrogens with one attached hydrogen (secondary N) is 2. The zero-order valence-electron chi connectivity index (χ0n) is 12.2. The van der Waals surface area contributed by atoms with Crippen LogP contribution >= 0.6 is 0 Å². The number of alkyl carbamates (subject to hydrolysis) is 1. The van der Waals surface area contributed by atoms with Crippen molar-refractivity contribution in [3.63, 3.8) is 0 Å². The summed E-state index contributed by atoms with van der Waals surface area (Å²) in [6.07, 6.45) is 1.06. The molecule has 6 nitrogen and oxygen atoms in total. The number of rotatable bonds is 3. The van der Waals surface area contributed by atoms with Crippen LogP contribution in [0.2, 0.25) is 0 Å². The monoisotopic (exact) mass is 272 g/mol. The second kappa shape index (κ2) is 6.23. The second-order valence-electron chi connectivity index (χ2n) is 5.91. The number of methoxy groups -OCH3 is 1. The molecule has 1 fully saturated rings. The number of hydrogen-bond donors (Lipinski definition) is 2. The third-order valence-corrected chi connectivity index (χ3v) is 3.06. The molecule has 1 aliphatic heterocycles. The molecule has 1 atom stereocenters. The van der Waals surface area contributed by atoms with E-state index < -0.39 is 17.1 Å². The summed E-state index contributed by atoms with van der Waals surface area (Å²) in [7, 11) is 1.37. The van der Waals surface area contributed by atoms with Crippen molar-refractivity contribution in [2.24, 2.45) is 5.41 Å². The van der Waals surface area contributed by atoms with Crippen molar-refractivity contribution in [3.05, 3.63) is 0 Å². The molecule has 1 aliphatic rings. The number of carbonyl (C=O) groups excluding carboxylic acids is 2. The minimum absolute atomic E-state index is 0.224. The van der Waals surface area contributed by atoms with Crippen LogP contribution < -0.4 is 10.6 Å². The molecular formula is C13H24N2O4. The first kappa shape index (κ1) is 15.8. The number of piperidine rings is 1.